The lowest BCUT2D eigenvalue weighted by molar-refractivity contribution is -0.121. The van der Waals surface area contributed by atoms with Gasteiger partial charge < -0.3 is 5.32 Å². The van der Waals surface area contributed by atoms with Crippen molar-refractivity contribution in [3.05, 3.63) is 59.2 Å². The van der Waals surface area contributed by atoms with E-state index in [2.05, 4.69) is 25.2 Å². The minimum absolute atomic E-state index is 0.0729. The van der Waals surface area contributed by atoms with Gasteiger partial charge in [-0.25, -0.2) is 14.6 Å². The molecule has 2 aromatic heterocycles. The molecule has 1 unspecified atom stereocenters. The summed E-state index contributed by atoms with van der Waals surface area (Å²) in [5.74, 6) is 0.620. The van der Waals surface area contributed by atoms with Crippen LogP contribution in [0.1, 0.15) is 41.5 Å². The number of rotatable bonds is 4. The topological polar surface area (TPSA) is 93.8 Å². The number of aryl methyl sites for hydroxylation is 2. The molecule has 1 amide bonds. The number of carbonyl (C=O) groups excluding carboxylic acids is 1. The zero-order chi connectivity index (χ0) is 17.9. The minimum Gasteiger partial charge on any atom is -0.349 e. The molecule has 1 atom stereocenters. The van der Waals surface area contributed by atoms with Crippen molar-refractivity contribution in [1.82, 2.24) is 25.6 Å². The lowest BCUT2D eigenvalue weighted by atomic mass is 9.92. The average molecular weight is 349 g/mol. The van der Waals surface area contributed by atoms with Gasteiger partial charge in [-0.1, -0.05) is 40.6 Å². The predicted molar refractivity (Wildman–Crippen MR) is 94.0 cm³/mol. The number of fused-ring (bicyclic) bond motifs is 1. The molecule has 0 spiro atoms. The van der Waals surface area contributed by atoms with Crippen LogP contribution in [-0.2, 0) is 17.6 Å². The van der Waals surface area contributed by atoms with Crippen LogP contribution < -0.4 is 5.32 Å². The molecule has 0 saturated carbocycles. The van der Waals surface area contributed by atoms with Gasteiger partial charge >= 0.3 is 0 Å². The second-order valence-corrected chi connectivity index (χ2v) is 6.45. The molecule has 7 nitrogen and oxygen atoms in total. The van der Waals surface area contributed by atoms with Crippen LogP contribution in [0.5, 0.6) is 0 Å². The third-order valence-electron chi connectivity index (χ3n) is 4.62. The second-order valence-electron chi connectivity index (χ2n) is 6.45. The first-order valence-electron chi connectivity index (χ1n) is 8.69. The molecule has 7 heteroatoms. The van der Waals surface area contributed by atoms with Crippen molar-refractivity contribution >= 4 is 5.91 Å². The summed E-state index contributed by atoms with van der Waals surface area (Å²) in [6.45, 7) is 1.77. The number of benzene rings is 1. The minimum atomic E-state index is -0.103. The summed E-state index contributed by atoms with van der Waals surface area (Å²) in [5, 5.41) is 10.5. The molecule has 132 valence electrons. The van der Waals surface area contributed by atoms with Crippen LogP contribution in [0.15, 0.2) is 41.2 Å². The van der Waals surface area contributed by atoms with Crippen molar-refractivity contribution < 1.29 is 9.42 Å². The van der Waals surface area contributed by atoms with E-state index in [0.29, 0.717) is 11.4 Å². The molecular formula is C19H19N5O2. The molecule has 0 bridgehead atoms. The second kappa shape index (κ2) is 7.03. The van der Waals surface area contributed by atoms with Crippen molar-refractivity contribution in [3.8, 4) is 11.4 Å². The molecule has 26 heavy (non-hydrogen) atoms. The van der Waals surface area contributed by atoms with E-state index in [9.17, 15) is 4.79 Å². The number of amides is 1. The van der Waals surface area contributed by atoms with E-state index >= 15 is 0 Å². The van der Waals surface area contributed by atoms with Gasteiger partial charge in [-0.15, -0.1) is 0 Å². The van der Waals surface area contributed by atoms with Gasteiger partial charge in [0, 0.05) is 23.0 Å². The number of hydrogen-bond donors (Lipinski definition) is 1. The standard InChI is InChI=1S/C19H19N5O2/c1-12-17(24-26-23-12)10-18(25)21-15-8-5-9-16-14(15)11-20-19(22-16)13-6-3-2-4-7-13/h2-4,6-7,11,15H,5,8-10H2,1H3,(H,21,25). The molecule has 0 aliphatic heterocycles. The number of nitrogens with one attached hydrogen (secondary N) is 1. The van der Waals surface area contributed by atoms with Gasteiger partial charge in [-0.2, -0.15) is 0 Å². The normalized spacial score (nSPS) is 16.1. The Hall–Kier alpha value is -3.09. The van der Waals surface area contributed by atoms with Crippen molar-refractivity contribution in [2.75, 3.05) is 0 Å². The zero-order valence-electron chi connectivity index (χ0n) is 14.5. The quantitative estimate of drug-likeness (QED) is 0.778. The molecule has 0 saturated heterocycles. The third kappa shape index (κ3) is 3.33. The van der Waals surface area contributed by atoms with E-state index in [1.165, 1.54) is 0 Å². The van der Waals surface area contributed by atoms with Crippen LogP contribution >= 0.6 is 0 Å². The number of nitrogens with zero attached hydrogens (tertiary/aromatic N) is 4. The molecule has 3 aromatic rings. The summed E-state index contributed by atoms with van der Waals surface area (Å²) in [7, 11) is 0. The van der Waals surface area contributed by atoms with Crippen LogP contribution in [0.2, 0.25) is 0 Å². The first kappa shape index (κ1) is 16.4. The monoisotopic (exact) mass is 349 g/mol. The van der Waals surface area contributed by atoms with Gasteiger partial charge in [0.05, 0.1) is 12.5 Å². The molecule has 1 aliphatic rings. The Morgan fingerprint density at radius 2 is 2.12 bits per heavy atom. The highest BCUT2D eigenvalue weighted by Crippen LogP contribution is 2.29. The summed E-state index contributed by atoms with van der Waals surface area (Å²) in [6, 6.07) is 9.84. The van der Waals surface area contributed by atoms with Crippen LogP contribution in [0.25, 0.3) is 11.4 Å². The van der Waals surface area contributed by atoms with Crippen LogP contribution in [0, 0.1) is 6.92 Å². The van der Waals surface area contributed by atoms with Crippen molar-refractivity contribution in [2.45, 2.75) is 38.6 Å². The molecule has 4 rings (SSSR count). The Morgan fingerprint density at radius 3 is 2.88 bits per heavy atom. The number of carbonyl (C=O) groups is 1. The van der Waals surface area contributed by atoms with E-state index in [1.807, 2.05) is 36.5 Å². The summed E-state index contributed by atoms with van der Waals surface area (Å²) >= 11 is 0. The molecule has 1 aromatic carbocycles. The maximum atomic E-state index is 12.4. The lowest BCUT2D eigenvalue weighted by Gasteiger charge is -2.25. The molecule has 0 radical (unpaired) electrons. The fourth-order valence-corrected chi connectivity index (χ4v) is 3.23. The first-order chi connectivity index (χ1) is 12.7. The molecule has 1 N–H and O–H groups in total. The smallest absolute Gasteiger partial charge is 0.226 e. The van der Waals surface area contributed by atoms with Gasteiger partial charge in [0.2, 0.25) is 5.91 Å². The maximum absolute atomic E-state index is 12.4. The Morgan fingerprint density at radius 1 is 1.27 bits per heavy atom. The van der Waals surface area contributed by atoms with Crippen molar-refractivity contribution in [1.29, 1.82) is 0 Å². The Balaban J connectivity index is 1.52. The highest BCUT2D eigenvalue weighted by Gasteiger charge is 2.24. The van der Waals surface area contributed by atoms with Crippen LogP contribution in [0.4, 0.5) is 0 Å². The average Bonchev–Trinajstić information content (AvgIpc) is 3.07. The van der Waals surface area contributed by atoms with E-state index < -0.39 is 0 Å². The first-order valence-corrected chi connectivity index (χ1v) is 8.69. The van der Waals surface area contributed by atoms with E-state index in [4.69, 9.17) is 4.98 Å². The fraction of sp³-hybridized carbons (Fsp3) is 0.316. The summed E-state index contributed by atoms with van der Waals surface area (Å²) in [5.41, 5.74) is 4.21. The van der Waals surface area contributed by atoms with E-state index in [-0.39, 0.29) is 18.4 Å². The van der Waals surface area contributed by atoms with E-state index in [1.54, 1.807) is 6.92 Å². The largest absolute Gasteiger partial charge is 0.349 e. The fourth-order valence-electron chi connectivity index (χ4n) is 3.23. The van der Waals surface area contributed by atoms with Crippen molar-refractivity contribution in [3.63, 3.8) is 0 Å². The van der Waals surface area contributed by atoms with Crippen LogP contribution in [-0.4, -0.2) is 26.2 Å². The maximum Gasteiger partial charge on any atom is 0.226 e. The zero-order valence-corrected chi connectivity index (χ0v) is 14.5. The SMILES string of the molecule is Cc1nonc1CC(=O)NC1CCCc2nc(-c3ccccc3)ncc21. The van der Waals surface area contributed by atoms with Gasteiger partial charge in [0.1, 0.15) is 11.4 Å². The highest BCUT2D eigenvalue weighted by molar-refractivity contribution is 5.78. The number of hydrogen-bond acceptors (Lipinski definition) is 6. The summed E-state index contributed by atoms with van der Waals surface area (Å²) < 4.78 is 4.65. The Labute approximate surface area is 150 Å². The summed E-state index contributed by atoms with van der Waals surface area (Å²) in [6.07, 6.45) is 4.76. The third-order valence-corrected chi connectivity index (χ3v) is 4.62. The van der Waals surface area contributed by atoms with E-state index in [0.717, 1.165) is 41.9 Å². The number of aromatic nitrogens is 4. The summed E-state index contributed by atoms with van der Waals surface area (Å²) in [4.78, 5) is 21.6. The Bertz CT molecular complexity index is 923. The molecule has 1 aliphatic carbocycles. The molecular weight excluding hydrogens is 330 g/mol. The van der Waals surface area contributed by atoms with Gasteiger partial charge in [-0.05, 0) is 26.2 Å². The van der Waals surface area contributed by atoms with Crippen molar-refractivity contribution in [2.24, 2.45) is 0 Å². The lowest BCUT2D eigenvalue weighted by Crippen LogP contribution is -2.32. The predicted octanol–water partition coefficient (Wildman–Crippen LogP) is 2.57. The van der Waals surface area contributed by atoms with Gasteiger partial charge in [0.25, 0.3) is 0 Å². The van der Waals surface area contributed by atoms with Crippen LogP contribution in [0.3, 0.4) is 0 Å². The highest BCUT2D eigenvalue weighted by atomic mass is 16.6. The van der Waals surface area contributed by atoms with Gasteiger partial charge in [0.15, 0.2) is 5.82 Å². The molecule has 0 fully saturated rings. The Kier molecular flexibility index (Phi) is 4.43. The van der Waals surface area contributed by atoms with Gasteiger partial charge in [-0.3, -0.25) is 4.79 Å². The molecule has 2 heterocycles.